The molecule has 1 N–H and O–H groups in total. The molecule has 0 aliphatic rings. The fourth-order valence-corrected chi connectivity index (χ4v) is 3.44. The number of methoxy groups -OCH3 is 1. The van der Waals surface area contributed by atoms with Gasteiger partial charge in [-0.25, -0.2) is 4.79 Å². The maximum atomic E-state index is 12.2. The normalized spacial score (nSPS) is 10.6. The van der Waals surface area contributed by atoms with Crippen LogP contribution in [0.2, 0.25) is 0 Å². The van der Waals surface area contributed by atoms with Crippen molar-refractivity contribution in [1.29, 1.82) is 0 Å². The maximum Gasteiger partial charge on any atom is 0.337 e. The Morgan fingerprint density at radius 2 is 1.90 bits per heavy atom. The maximum absolute atomic E-state index is 12.2. The van der Waals surface area contributed by atoms with Crippen LogP contribution in [-0.2, 0) is 16.1 Å². The fraction of sp³-hybridized carbons (Fsp3) is 0.250. The van der Waals surface area contributed by atoms with E-state index in [4.69, 9.17) is 0 Å². The number of amides is 1. The monoisotopic (exact) mass is 411 g/mol. The second-order valence-electron chi connectivity index (χ2n) is 6.42. The molecule has 29 heavy (non-hydrogen) atoms. The summed E-state index contributed by atoms with van der Waals surface area (Å²) in [6.45, 7) is 4.39. The van der Waals surface area contributed by atoms with Crippen molar-refractivity contribution >= 4 is 23.6 Å². The van der Waals surface area contributed by atoms with Gasteiger partial charge >= 0.3 is 5.97 Å². The summed E-state index contributed by atoms with van der Waals surface area (Å²) < 4.78 is 6.30. The molecule has 1 heterocycles. The minimum Gasteiger partial charge on any atom is -0.465 e. The highest BCUT2D eigenvalue weighted by Gasteiger charge is 2.13. The summed E-state index contributed by atoms with van der Waals surface area (Å²) in [4.78, 5) is 23.7. The minimum atomic E-state index is -0.390. The van der Waals surface area contributed by atoms with E-state index in [1.54, 1.807) is 28.9 Å². The zero-order valence-electron chi connectivity index (χ0n) is 16.4. The third-order valence-electron chi connectivity index (χ3n) is 4.22. The number of thioether (sulfide) groups is 1. The molecule has 0 spiro atoms. The quantitative estimate of drug-likeness (QED) is 0.471. The Hall–Kier alpha value is -3.20. The van der Waals surface area contributed by atoms with Crippen molar-refractivity contribution in [3.63, 3.8) is 0 Å². The van der Waals surface area contributed by atoms with Gasteiger partial charge in [0.05, 0.1) is 24.1 Å². The summed E-state index contributed by atoms with van der Waals surface area (Å²) in [6.07, 6.45) is 0. The highest BCUT2D eigenvalue weighted by atomic mass is 32.2. The molecule has 0 radical (unpaired) electrons. The van der Waals surface area contributed by atoms with Crippen LogP contribution in [0.3, 0.4) is 0 Å². The van der Waals surface area contributed by atoms with Gasteiger partial charge in [-0.1, -0.05) is 41.6 Å². The Balaban J connectivity index is 1.55. The Bertz CT molecular complexity index is 1020. The molecule has 0 aliphatic carbocycles. The SMILES string of the molecule is COC(=O)c1ccc(CNC(=O)CSc2nnnn2-c2ccc(C)cc2C)cc1. The van der Waals surface area contributed by atoms with E-state index in [1.807, 2.05) is 26.0 Å². The molecule has 1 aromatic heterocycles. The summed E-state index contributed by atoms with van der Waals surface area (Å²) in [5.41, 5.74) is 4.45. The summed E-state index contributed by atoms with van der Waals surface area (Å²) in [6, 6.07) is 12.9. The highest BCUT2D eigenvalue weighted by molar-refractivity contribution is 7.99. The molecule has 1 amide bonds. The topological polar surface area (TPSA) is 99.0 Å². The second-order valence-corrected chi connectivity index (χ2v) is 7.36. The lowest BCUT2D eigenvalue weighted by molar-refractivity contribution is -0.118. The van der Waals surface area contributed by atoms with Crippen LogP contribution in [0.1, 0.15) is 27.0 Å². The number of benzene rings is 2. The summed E-state index contributed by atoms with van der Waals surface area (Å²) >= 11 is 1.27. The third kappa shape index (κ3) is 5.20. The first-order chi connectivity index (χ1) is 14.0. The Morgan fingerprint density at radius 3 is 2.59 bits per heavy atom. The van der Waals surface area contributed by atoms with Crippen LogP contribution < -0.4 is 5.32 Å². The zero-order valence-corrected chi connectivity index (χ0v) is 17.2. The summed E-state index contributed by atoms with van der Waals surface area (Å²) in [5.74, 6) is -0.341. The van der Waals surface area contributed by atoms with E-state index in [0.29, 0.717) is 17.3 Å². The lowest BCUT2D eigenvalue weighted by Gasteiger charge is -2.09. The molecule has 3 aromatic rings. The number of aromatic nitrogens is 4. The van der Waals surface area contributed by atoms with E-state index in [1.165, 1.54) is 18.9 Å². The number of hydrogen-bond acceptors (Lipinski definition) is 7. The van der Waals surface area contributed by atoms with Gasteiger partial charge in [-0.15, -0.1) is 5.10 Å². The lowest BCUT2D eigenvalue weighted by Crippen LogP contribution is -2.24. The van der Waals surface area contributed by atoms with Crippen LogP contribution in [-0.4, -0.2) is 44.9 Å². The number of nitrogens with zero attached hydrogens (tertiary/aromatic N) is 4. The van der Waals surface area contributed by atoms with Crippen molar-refractivity contribution in [3.8, 4) is 5.69 Å². The smallest absolute Gasteiger partial charge is 0.337 e. The molecule has 0 atom stereocenters. The number of ether oxygens (including phenoxy) is 1. The van der Waals surface area contributed by atoms with E-state index >= 15 is 0 Å². The zero-order chi connectivity index (χ0) is 20.8. The number of tetrazole rings is 1. The number of esters is 1. The molecule has 9 heteroatoms. The Morgan fingerprint density at radius 1 is 1.14 bits per heavy atom. The molecular weight excluding hydrogens is 390 g/mol. The molecule has 0 unspecified atom stereocenters. The first kappa shape index (κ1) is 20.5. The van der Waals surface area contributed by atoms with E-state index < -0.39 is 5.97 Å². The molecule has 8 nitrogen and oxygen atoms in total. The van der Waals surface area contributed by atoms with E-state index in [9.17, 15) is 9.59 Å². The Labute approximate surface area is 172 Å². The average Bonchev–Trinajstić information content (AvgIpc) is 3.18. The molecule has 0 saturated carbocycles. The van der Waals surface area contributed by atoms with Crippen LogP contribution in [0, 0.1) is 13.8 Å². The molecular formula is C20H21N5O3S. The number of carbonyl (C=O) groups excluding carboxylic acids is 2. The molecule has 2 aromatic carbocycles. The van der Waals surface area contributed by atoms with Crippen molar-refractivity contribution in [2.75, 3.05) is 12.9 Å². The predicted octanol–water partition coefficient (Wildman–Crippen LogP) is 2.47. The van der Waals surface area contributed by atoms with Crippen LogP contribution in [0.25, 0.3) is 5.69 Å². The van der Waals surface area contributed by atoms with Gasteiger partial charge in [-0.2, -0.15) is 4.68 Å². The molecule has 0 saturated heterocycles. The van der Waals surface area contributed by atoms with Crippen molar-refractivity contribution < 1.29 is 14.3 Å². The van der Waals surface area contributed by atoms with E-state index in [2.05, 4.69) is 31.6 Å². The first-order valence-corrected chi connectivity index (χ1v) is 9.89. The number of rotatable bonds is 7. The van der Waals surface area contributed by atoms with Gasteiger partial charge in [0.2, 0.25) is 11.1 Å². The van der Waals surface area contributed by atoms with Gasteiger partial charge < -0.3 is 10.1 Å². The fourth-order valence-electron chi connectivity index (χ4n) is 2.72. The molecule has 0 aliphatic heterocycles. The molecule has 0 fully saturated rings. The molecule has 3 rings (SSSR count). The minimum absolute atomic E-state index is 0.137. The second kappa shape index (κ2) is 9.33. The largest absolute Gasteiger partial charge is 0.465 e. The molecule has 0 bridgehead atoms. The van der Waals surface area contributed by atoms with Gasteiger partial charge in [0.1, 0.15) is 0 Å². The van der Waals surface area contributed by atoms with Gasteiger partial charge in [0, 0.05) is 6.54 Å². The number of nitrogens with one attached hydrogen (secondary N) is 1. The van der Waals surface area contributed by atoms with E-state index in [0.717, 1.165) is 22.4 Å². The molecule has 150 valence electrons. The summed E-state index contributed by atoms with van der Waals surface area (Å²) in [5, 5.41) is 15.2. The third-order valence-corrected chi connectivity index (χ3v) is 5.14. The Kier molecular flexibility index (Phi) is 6.61. The number of carbonyl (C=O) groups is 2. The van der Waals surface area contributed by atoms with Gasteiger partial charge in [0.25, 0.3) is 0 Å². The summed E-state index contributed by atoms with van der Waals surface area (Å²) in [7, 11) is 1.34. The average molecular weight is 411 g/mol. The van der Waals surface area contributed by atoms with Crippen LogP contribution in [0.5, 0.6) is 0 Å². The van der Waals surface area contributed by atoms with Gasteiger partial charge in [-0.05, 0) is 53.6 Å². The van der Waals surface area contributed by atoms with Crippen LogP contribution in [0.4, 0.5) is 0 Å². The first-order valence-electron chi connectivity index (χ1n) is 8.90. The van der Waals surface area contributed by atoms with Gasteiger partial charge in [0.15, 0.2) is 0 Å². The van der Waals surface area contributed by atoms with Crippen molar-refractivity contribution in [2.45, 2.75) is 25.5 Å². The number of hydrogen-bond donors (Lipinski definition) is 1. The van der Waals surface area contributed by atoms with Gasteiger partial charge in [-0.3, -0.25) is 4.79 Å². The predicted molar refractivity (Wildman–Crippen MR) is 109 cm³/mol. The van der Waals surface area contributed by atoms with Crippen molar-refractivity contribution in [1.82, 2.24) is 25.5 Å². The van der Waals surface area contributed by atoms with Crippen molar-refractivity contribution in [2.24, 2.45) is 0 Å². The van der Waals surface area contributed by atoms with Crippen LogP contribution >= 0.6 is 11.8 Å². The van der Waals surface area contributed by atoms with Crippen LogP contribution in [0.15, 0.2) is 47.6 Å². The standard InChI is InChI=1S/C20H21N5O3S/c1-13-4-9-17(14(2)10-13)25-20(22-23-24-25)29-12-18(26)21-11-15-5-7-16(8-6-15)19(27)28-3/h4-10H,11-12H2,1-3H3,(H,21,26). The highest BCUT2D eigenvalue weighted by Crippen LogP contribution is 2.21. The van der Waals surface area contributed by atoms with E-state index in [-0.39, 0.29) is 11.7 Å². The lowest BCUT2D eigenvalue weighted by atomic mass is 10.1. The van der Waals surface area contributed by atoms with Crippen molar-refractivity contribution in [3.05, 3.63) is 64.7 Å². The number of aryl methyl sites for hydroxylation is 2.